The molecule has 3 aromatic rings. The zero-order valence-electron chi connectivity index (χ0n) is 14.3. The highest BCUT2D eigenvalue weighted by Gasteiger charge is 2.26. The Morgan fingerprint density at radius 1 is 0.731 bits per heavy atom. The van der Waals surface area contributed by atoms with E-state index in [0.29, 0.717) is 0 Å². The maximum atomic E-state index is 4.90. The van der Waals surface area contributed by atoms with Crippen LogP contribution in [0.15, 0.2) is 89.3 Å². The minimum absolute atomic E-state index is 0.967. The standard InChI is InChI=1S/C23H18N2S/c1-2-6-17(7-3-1)18-10-12-20(13-11-18)22-16-26-23-24-21-9-5-4-8-19(21)14-15-25(22)23/h1-13,16H,14-15H2. The van der Waals surface area contributed by atoms with E-state index in [2.05, 4.69) is 89.2 Å². The number of thioether (sulfide) groups is 1. The van der Waals surface area contributed by atoms with Crippen molar-refractivity contribution in [3.05, 3.63) is 95.4 Å². The van der Waals surface area contributed by atoms with Gasteiger partial charge in [-0.15, -0.1) is 0 Å². The molecular weight excluding hydrogens is 336 g/mol. The van der Waals surface area contributed by atoms with Gasteiger partial charge in [0.15, 0.2) is 5.17 Å². The maximum absolute atomic E-state index is 4.90. The van der Waals surface area contributed by atoms with Gasteiger partial charge < -0.3 is 4.90 Å². The minimum atomic E-state index is 0.967. The van der Waals surface area contributed by atoms with Crippen LogP contribution >= 0.6 is 11.8 Å². The van der Waals surface area contributed by atoms with Gasteiger partial charge in [0.25, 0.3) is 0 Å². The lowest BCUT2D eigenvalue weighted by Gasteiger charge is -2.21. The molecule has 0 radical (unpaired) electrons. The van der Waals surface area contributed by atoms with Gasteiger partial charge >= 0.3 is 0 Å². The van der Waals surface area contributed by atoms with E-state index < -0.39 is 0 Å². The van der Waals surface area contributed by atoms with Crippen molar-refractivity contribution in [2.75, 3.05) is 6.54 Å². The molecule has 2 aliphatic heterocycles. The highest BCUT2D eigenvalue weighted by atomic mass is 32.2. The van der Waals surface area contributed by atoms with Gasteiger partial charge in [-0.1, -0.05) is 84.6 Å². The first-order valence-corrected chi connectivity index (χ1v) is 9.73. The molecule has 0 spiro atoms. The second kappa shape index (κ2) is 6.50. The molecule has 0 bridgehead atoms. The Kier molecular flexibility index (Phi) is 3.87. The predicted octanol–water partition coefficient (Wildman–Crippen LogP) is 5.94. The van der Waals surface area contributed by atoms with Crippen LogP contribution in [0.3, 0.4) is 0 Å². The fraction of sp³-hybridized carbons (Fsp3) is 0.0870. The minimum Gasteiger partial charge on any atom is -0.319 e. The van der Waals surface area contributed by atoms with Gasteiger partial charge in [0, 0.05) is 12.0 Å². The van der Waals surface area contributed by atoms with Gasteiger partial charge in [0.1, 0.15) is 0 Å². The first-order valence-electron chi connectivity index (χ1n) is 8.85. The van der Waals surface area contributed by atoms with Crippen LogP contribution in [0.5, 0.6) is 0 Å². The van der Waals surface area contributed by atoms with Crippen molar-refractivity contribution in [2.24, 2.45) is 4.99 Å². The first-order chi connectivity index (χ1) is 12.9. The molecule has 3 aromatic carbocycles. The van der Waals surface area contributed by atoms with Crippen LogP contribution < -0.4 is 0 Å². The average Bonchev–Trinajstić information content (AvgIpc) is 3.01. The number of hydrogen-bond donors (Lipinski definition) is 0. The summed E-state index contributed by atoms with van der Waals surface area (Å²) in [5, 5.41) is 3.31. The predicted molar refractivity (Wildman–Crippen MR) is 111 cm³/mol. The molecule has 5 rings (SSSR count). The van der Waals surface area contributed by atoms with Crippen LogP contribution in [-0.4, -0.2) is 16.6 Å². The van der Waals surface area contributed by atoms with Crippen LogP contribution in [0.4, 0.5) is 5.69 Å². The van der Waals surface area contributed by atoms with E-state index >= 15 is 0 Å². The van der Waals surface area contributed by atoms with Gasteiger partial charge in [-0.25, -0.2) is 4.99 Å². The quantitative estimate of drug-likeness (QED) is 0.565. The number of nitrogens with zero attached hydrogens (tertiary/aromatic N) is 2. The topological polar surface area (TPSA) is 15.6 Å². The SMILES string of the molecule is C1=C(c2ccc(-c3ccccc3)cc2)N2CCc3ccccc3N=C2S1. The summed E-state index contributed by atoms with van der Waals surface area (Å²) >= 11 is 1.72. The zero-order chi connectivity index (χ0) is 17.3. The van der Waals surface area contributed by atoms with E-state index in [1.165, 1.54) is 28.0 Å². The van der Waals surface area contributed by atoms with Crippen LogP contribution in [0.1, 0.15) is 11.1 Å². The number of fused-ring (bicyclic) bond motifs is 2. The van der Waals surface area contributed by atoms with Gasteiger partial charge in [0.2, 0.25) is 0 Å². The fourth-order valence-electron chi connectivity index (χ4n) is 3.50. The number of benzene rings is 3. The van der Waals surface area contributed by atoms with Crippen LogP contribution in [0.25, 0.3) is 16.8 Å². The van der Waals surface area contributed by atoms with Gasteiger partial charge in [-0.2, -0.15) is 0 Å². The van der Waals surface area contributed by atoms with E-state index in [9.17, 15) is 0 Å². The summed E-state index contributed by atoms with van der Waals surface area (Å²) in [7, 11) is 0. The van der Waals surface area contributed by atoms with E-state index in [-0.39, 0.29) is 0 Å². The molecule has 126 valence electrons. The molecule has 0 fully saturated rings. The molecule has 0 saturated carbocycles. The summed E-state index contributed by atoms with van der Waals surface area (Å²) in [6, 6.07) is 27.8. The van der Waals surface area contributed by atoms with Crippen molar-refractivity contribution in [2.45, 2.75) is 6.42 Å². The summed E-state index contributed by atoms with van der Waals surface area (Å²) < 4.78 is 0. The Labute approximate surface area is 157 Å². The van der Waals surface area contributed by atoms with Crippen LogP contribution in [-0.2, 0) is 6.42 Å². The van der Waals surface area contributed by atoms with E-state index in [0.717, 1.165) is 23.8 Å². The van der Waals surface area contributed by atoms with Gasteiger partial charge in [0.05, 0.1) is 11.4 Å². The molecule has 0 N–H and O–H groups in total. The highest BCUT2D eigenvalue weighted by molar-refractivity contribution is 8.16. The molecule has 0 aromatic heterocycles. The van der Waals surface area contributed by atoms with Crippen LogP contribution in [0, 0.1) is 0 Å². The normalized spacial score (nSPS) is 15.6. The molecule has 2 nitrogen and oxygen atoms in total. The maximum Gasteiger partial charge on any atom is 0.173 e. The number of aliphatic imine (C=N–C) groups is 1. The second-order valence-corrected chi connectivity index (χ2v) is 7.33. The van der Waals surface area contributed by atoms with E-state index in [1.807, 2.05) is 0 Å². The number of rotatable bonds is 2. The lowest BCUT2D eigenvalue weighted by molar-refractivity contribution is 0.601. The van der Waals surface area contributed by atoms with Crippen molar-refractivity contribution in [1.29, 1.82) is 0 Å². The van der Waals surface area contributed by atoms with Crippen molar-refractivity contribution in [1.82, 2.24) is 4.90 Å². The summed E-state index contributed by atoms with van der Waals surface area (Å²) in [6.45, 7) is 0.967. The largest absolute Gasteiger partial charge is 0.319 e. The molecule has 0 unspecified atom stereocenters. The lowest BCUT2D eigenvalue weighted by atomic mass is 10.0. The number of hydrogen-bond acceptors (Lipinski definition) is 3. The van der Waals surface area contributed by atoms with Gasteiger partial charge in [-0.05, 0) is 34.7 Å². The smallest absolute Gasteiger partial charge is 0.173 e. The molecule has 3 heteroatoms. The molecule has 2 aliphatic rings. The van der Waals surface area contributed by atoms with Gasteiger partial charge in [-0.3, -0.25) is 0 Å². The Hall–Kier alpha value is -2.78. The zero-order valence-corrected chi connectivity index (χ0v) is 15.1. The van der Waals surface area contributed by atoms with Crippen molar-refractivity contribution < 1.29 is 0 Å². The molecular formula is C23H18N2S. The van der Waals surface area contributed by atoms with Crippen molar-refractivity contribution in [3.8, 4) is 11.1 Å². The monoisotopic (exact) mass is 354 g/mol. The Bertz CT molecular complexity index is 1000. The Morgan fingerprint density at radius 3 is 2.27 bits per heavy atom. The van der Waals surface area contributed by atoms with Crippen molar-refractivity contribution >= 4 is 28.3 Å². The molecule has 26 heavy (non-hydrogen) atoms. The third-order valence-electron chi connectivity index (χ3n) is 4.90. The first kappa shape index (κ1) is 15.5. The highest BCUT2D eigenvalue weighted by Crippen LogP contribution is 2.38. The van der Waals surface area contributed by atoms with E-state index in [1.54, 1.807) is 11.8 Å². The summed E-state index contributed by atoms with van der Waals surface area (Å²) in [6.07, 6.45) is 1.02. The molecule has 0 aliphatic carbocycles. The van der Waals surface area contributed by atoms with E-state index in [4.69, 9.17) is 4.99 Å². The summed E-state index contributed by atoms with van der Waals surface area (Å²) in [5.41, 5.74) is 7.42. The Balaban J connectivity index is 1.44. The third-order valence-corrected chi connectivity index (χ3v) is 5.76. The fourth-order valence-corrected chi connectivity index (χ4v) is 4.44. The number of para-hydroxylation sites is 1. The molecule has 0 saturated heterocycles. The average molecular weight is 354 g/mol. The third kappa shape index (κ3) is 2.74. The Morgan fingerprint density at radius 2 is 1.42 bits per heavy atom. The molecule has 0 atom stereocenters. The summed E-state index contributed by atoms with van der Waals surface area (Å²) in [4.78, 5) is 7.24. The summed E-state index contributed by atoms with van der Waals surface area (Å²) in [5.74, 6) is 0. The molecule has 0 amide bonds. The second-order valence-electron chi connectivity index (χ2n) is 6.49. The van der Waals surface area contributed by atoms with Crippen LogP contribution in [0.2, 0.25) is 0 Å². The number of amidine groups is 1. The molecule has 2 heterocycles. The lowest BCUT2D eigenvalue weighted by Crippen LogP contribution is -2.24. The van der Waals surface area contributed by atoms with Crippen molar-refractivity contribution in [3.63, 3.8) is 0 Å².